The third kappa shape index (κ3) is 5.00. The van der Waals surface area contributed by atoms with Gasteiger partial charge < -0.3 is 24.7 Å². The molecule has 0 saturated heterocycles. The van der Waals surface area contributed by atoms with Crippen molar-refractivity contribution in [2.45, 2.75) is 20.8 Å². The van der Waals surface area contributed by atoms with E-state index < -0.39 is 5.91 Å². The molecule has 9 heteroatoms. The van der Waals surface area contributed by atoms with Gasteiger partial charge in [0.1, 0.15) is 16.4 Å². The highest BCUT2D eigenvalue weighted by atomic mass is 32.1. The number of aromatic nitrogens is 1. The number of carbonyl (C=O) groups excluding carboxylic acids is 2. The first kappa shape index (κ1) is 23.1. The summed E-state index contributed by atoms with van der Waals surface area (Å²) >= 11 is 0.877. The number of hydrogen-bond donors (Lipinski definition) is 2. The van der Waals surface area contributed by atoms with Crippen LogP contribution in [-0.2, 0) is 7.05 Å². The first-order valence-electron chi connectivity index (χ1n) is 10.1. The summed E-state index contributed by atoms with van der Waals surface area (Å²) < 4.78 is 12.8. The van der Waals surface area contributed by atoms with Gasteiger partial charge in [0.05, 0.1) is 24.6 Å². The molecule has 0 bridgehead atoms. The molecule has 0 aliphatic rings. The Morgan fingerprint density at radius 2 is 1.47 bits per heavy atom. The highest BCUT2D eigenvalue weighted by Gasteiger charge is 2.20. The van der Waals surface area contributed by atoms with E-state index in [1.165, 1.54) is 4.57 Å². The third-order valence-electron chi connectivity index (χ3n) is 4.72. The summed E-state index contributed by atoms with van der Waals surface area (Å²) in [4.78, 5) is 37.5. The van der Waals surface area contributed by atoms with Gasteiger partial charge in [-0.15, -0.1) is 0 Å². The molecular formula is C23H25N3O5S. The summed E-state index contributed by atoms with van der Waals surface area (Å²) in [7, 11) is 1.62. The van der Waals surface area contributed by atoms with Crippen LogP contribution in [0.4, 0.5) is 11.4 Å². The molecule has 0 spiro atoms. The average Bonchev–Trinajstić information content (AvgIpc) is 3.04. The number of hydrogen-bond acceptors (Lipinski definition) is 6. The molecule has 168 valence electrons. The number of rotatable bonds is 8. The van der Waals surface area contributed by atoms with Gasteiger partial charge in [0.15, 0.2) is 0 Å². The summed E-state index contributed by atoms with van der Waals surface area (Å²) in [5.74, 6) is 0.0345. The van der Waals surface area contributed by atoms with E-state index in [4.69, 9.17) is 9.47 Å². The van der Waals surface area contributed by atoms with Crippen LogP contribution in [0.2, 0.25) is 0 Å². The van der Waals surface area contributed by atoms with E-state index in [0.717, 1.165) is 11.3 Å². The summed E-state index contributed by atoms with van der Waals surface area (Å²) in [6, 6.07) is 12.0. The van der Waals surface area contributed by atoms with Crippen LogP contribution in [0.15, 0.2) is 47.3 Å². The second kappa shape index (κ2) is 10.1. The standard InChI is InChI=1S/C23H25N3O5S/c1-5-30-18-13-17(25-22(28)20-14(3)26(4)23(29)32-20)19(31-6-2)12-16(18)24-21(27)15-10-8-7-9-11-15/h7-13H,5-6H2,1-4H3,(H,24,27)(H,25,28). The molecule has 32 heavy (non-hydrogen) atoms. The summed E-state index contributed by atoms with van der Waals surface area (Å²) in [5.41, 5.74) is 1.87. The molecule has 0 atom stereocenters. The van der Waals surface area contributed by atoms with Gasteiger partial charge in [-0.1, -0.05) is 29.5 Å². The number of anilines is 2. The van der Waals surface area contributed by atoms with Gasteiger partial charge in [0.2, 0.25) is 0 Å². The second-order valence-electron chi connectivity index (χ2n) is 6.83. The smallest absolute Gasteiger partial charge is 0.307 e. The van der Waals surface area contributed by atoms with Gasteiger partial charge >= 0.3 is 4.87 Å². The van der Waals surface area contributed by atoms with Gasteiger partial charge in [-0.05, 0) is 32.9 Å². The summed E-state index contributed by atoms with van der Waals surface area (Å²) in [6.07, 6.45) is 0. The lowest BCUT2D eigenvalue weighted by Gasteiger charge is -2.18. The molecule has 3 rings (SSSR count). The molecule has 1 aromatic heterocycles. The van der Waals surface area contributed by atoms with Crippen LogP contribution in [0.5, 0.6) is 11.5 Å². The maximum absolute atomic E-state index is 12.9. The molecular weight excluding hydrogens is 430 g/mol. The van der Waals surface area contributed by atoms with Crippen molar-refractivity contribution >= 4 is 34.5 Å². The number of nitrogens with one attached hydrogen (secondary N) is 2. The topological polar surface area (TPSA) is 98.7 Å². The van der Waals surface area contributed by atoms with E-state index in [9.17, 15) is 14.4 Å². The van der Waals surface area contributed by atoms with Crippen LogP contribution in [-0.4, -0.2) is 29.6 Å². The van der Waals surface area contributed by atoms with Crippen molar-refractivity contribution < 1.29 is 19.1 Å². The fraction of sp³-hybridized carbons (Fsp3) is 0.261. The summed E-state index contributed by atoms with van der Waals surface area (Å²) in [6.45, 7) is 6.05. The number of ether oxygens (including phenoxy) is 2. The maximum Gasteiger partial charge on any atom is 0.307 e. The van der Waals surface area contributed by atoms with Crippen molar-refractivity contribution in [3.05, 3.63) is 68.3 Å². The number of benzene rings is 2. The Balaban J connectivity index is 1.96. The predicted octanol–water partition coefficient (Wildman–Crippen LogP) is 4.06. The van der Waals surface area contributed by atoms with Gasteiger partial charge in [0.25, 0.3) is 11.8 Å². The largest absolute Gasteiger partial charge is 0.492 e. The first-order valence-corrected chi connectivity index (χ1v) is 10.9. The van der Waals surface area contributed by atoms with Crippen molar-refractivity contribution in [3.8, 4) is 11.5 Å². The molecule has 0 fully saturated rings. The number of carbonyl (C=O) groups is 2. The molecule has 0 radical (unpaired) electrons. The summed E-state index contributed by atoms with van der Waals surface area (Å²) in [5, 5.41) is 5.65. The Kier molecular flexibility index (Phi) is 7.32. The third-order valence-corrected chi connectivity index (χ3v) is 5.85. The van der Waals surface area contributed by atoms with E-state index in [1.807, 2.05) is 19.9 Å². The van der Waals surface area contributed by atoms with Crippen molar-refractivity contribution in [2.24, 2.45) is 7.05 Å². The highest BCUT2D eigenvalue weighted by molar-refractivity contribution is 7.11. The Morgan fingerprint density at radius 3 is 1.94 bits per heavy atom. The predicted molar refractivity (Wildman–Crippen MR) is 125 cm³/mol. The zero-order valence-electron chi connectivity index (χ0n) is 18.4. The van der Waals surface area contributed by atoms with Crippen LogP contribution >= 0.6 is 11.3 Å². The zero-order chi connectivity index (χ0) is 23.3. The first-order chi connectivity index (χ1) is 15.3. The van der Waals surface area contributed by atoms with E-state index in [1.54, 1.807) is 50.4 Å². The number of nitrogens with zero attached hydrogens (tertiary/aromatic N) is 1. The minimum absolute atomic E-state index is 0.216. The molecule has 0 aliphatic carbocycles. The minimum Gasteiger partial charge on any atom is -0.492 e. The van der Waals surface area contributed by atoms with E-state index in [2.05, 4.69) is 10.6 Å². The van der Waals surface area contributed by atoms with E-state index in [-0.39, 0.29) is 10.8 Å². The molecule has 0 saturated carbocycles. The Bertz CT molecular complexity index is 1180. The quantitative estimate of drug-likeness (QED) is 0.534. The number of thiazole rings is 1. The molecule has 2 aromatic carbocycles. The lowest BCUT2D eigenvalue weighted by molar-refractivity contribution is 0.101. The second-order valence-corrected chi connectivity index (χ2v) is 7.79. The van der Waals surface area contributed by atoms with Crippen LogP contribution in [0.3, 0.4) is 0 Å². The molecule has 3 aromatic rings. The highest BCUT2D eigenvalue weighted by Crippen LogP contribution is 2.37. The molecule has 2 amide bonds. The Labute approximate surface area is 189 Å². The fourth-order valence-electron chi connectivity index (χ4n) is 3.00. The number of amides is 2. The Hall–Kier alpha value is -3.59. The maximum atomic E-state index is 12.9. The van der Waals surface area contributed by atoms with Crippen molar-refractivity contribution in [1.82, 2.24) is 4.57 Å². The monoisotopic (exact) mass is 455 g/mol. The van der Waals surface area contributed by atoms with Gasteiger partial charge in [-0.3, -0.25) is 14.4 Å². The van der Waals surface area contributed by atoms with E-state index >= 15 is 0 Å². The van der Waals surface area contributed by atoms with Gasteiger partial charge in [-0.2, -0.15) is 0 Å². The van der Waals surface area contributed by atoms with Gasteiger partial charge in [0, 0.05) is 30.4 Å². The minimum atomic E-state index is -0.422. The fourth-order valence-corrected chi connectivity index (χ4v) is 3.87. The average molecular weight is 456 g/mol. The lowest BCUT2D eigenvalue weighted by atomic mass is 10.2. The van der Waals surface area contributed by atoms with Crippen molar-refractivity contribution in [1.29, 1.82) is 0 Å². The zero-order valence-corrected chi connectivity index (χ0v) is 19.2. The van der Waals surface area contributed by atoms with Crippen molar-refractivity contribution in [3.63, 3.8) is 0 Å². The molecule has 0 unspecified atom stereocenters. The molecule has 0 aliphatic heterocycles. The van der Waals surface area contributed by atoms with Crippen molar-refractivity contribution in [2.75, 3.05) is 23.8 Å². The Morgan fingerprint density at radius 1 is 0.938 bits per heavy atom. The van der Waals surface area contributed by atoms with Crippen LogP contribution < -0.4 is 25.0 Å². The van der Waals surface area contributed by atoms with Crippen LogP contribution in [0.1, 0.15) is 39.6 Å². The van der Waals surface area contributed by atoms with E-state index in [0.29, 0.717) is 52.2 Å². The molecule has 8 nitrogen and oxygen atoms in total. The normalized spacial score (nSPS) is 10.5. The van der Waals surface area contributed by atoms with Crippen LogP contribution in [0, 0.1) is 6.92 Å². The van der Waals surface area contributed by atoms with Gasteiger partial charge in [-0.25, -0.2) is 0 Å². The molecule has 2 N–H and O–H groups in total. The van der Waals surface area contributed by atoms with Crippen LogP contribution in [0.25, 0.3) is 0 Å². The SMILES string of the molecule is CCOc1cc(NC(=O)c2sc(=O)n(C)c2C)c(OCC)cc1NC(=O)c1ccccc1. The lowest BCUT2D eigenvalue weighted by Crippen LogP contribution is -2.16. The molecule has 1 heterocycles.